The van der Waals surface area contributed by atoms with Crippen molar-refractivity contribution in [3.8, 4) is 0 Å². The number of hydrogen-bond donors (Lipinski definition) is 2. The number of benzene rings is 1. The van der Waals surface area contributed by atoms with E-state index in [2.05, 4.69) is 0 Å². The van der Waals surface area contributed by atoms with Crippen molar-refractivity contribution in [2.45, 2.75) is 25.7 Å². The van der Waals surface area contributed by atoms with Crippen LogP contribution in [0.4, 0.5) is 8.78 Å². The highest BCUT2D eigenvalue weighted by Gasteiger charge is 2.36. The Kier molecular flexibility index (Phi) is 3.97. The Balaban J connectivity index is 2.18. The van der Waals surface area contributed by atoms with Gasteiger partial charge in [-0.05, 0) is 42.5 Å². The minimum absolute atomic E-state index is 0.0873. The van der Waals surface area contributed by atoms with Gasteiger partial charge in [0.2, 0.25) is 0 Å². The molecule has 1 aromatic carbocycles. The molecule has 1 unspecified atom stereocenters. The van der Waals surface area contributed by atoms with E-state index in [1.165, 1.54) is 6.07 Å². The molecule has 18 heavy (non-hydrogen) atoms. The average Bonchev–Trinajstić information content (AvgIpc) is 3.16. The van der Waals surface area contributed by atoms with Gasteiger partial charge < -0.3 is 10.8 Å². The molecule has 0 heterocycles. The summed E-state index contributed by atoms with van der Waals surface area (Å²) in [6.07, 6.45) is 3.37. The van der Waals surface area contributed by atoms with Crippen LogP contribution in [0.1, 0.15) is 24.8 Å². The second-order valence-corrected chi connectivity index (χ2v) is 5.42. The van der Waals surface area contributed by atoms with Crippen LogP contribution in [0.5, 0.6) is 0 Å². The molecule has 0 radical (unpaired) electrons. The van der Waals surface area contributed by atoms with E-state index in [1.807, 2.05) is 0 Å². The zero-order valence-corrected chi connectivity index (χ0v) is 10.3. The maximum Gasteiger partial charge on any atom is 0.126 e. The summed E-state index contributed by atoms with van der Waals surface area (Å²) in [7, 11) is 0. The molecule has 0 aliphatic heterocycles. The Bertz CT molecular complexity index is 414. The van der Waals surface area contributed by atoms with Gasteiger partial charge in [0, 0.05) is 12.0 Å². The summed E-state index contributed by atoms with van der Waals surface area (Å²) in [6.45, 7) is 0.200. The summed E-state index contributed by atoms with van der Waals surface area (Å²) in [5.74, 6) is -0.308. The third-order valence-corrected chi connectivity index (χ3v) is 3.76. The van der Waals surface area contributed by atoms with Crippen LogP contribution in [0.15, 0.2) is 18.2 Å². The van der Waals surface area contributed by atoms with Crippen LogP contribution in [0.3, 0.4) is 0 Å². The predicted octanol–water partition coefficient (Wildman–Crippen LogP) is 2.24. The fourth-order valence-electron chi connectivity index (χ4n) is 2.43. The van der Waals surface area contributed by atoms with Crippen LogP contribution in [-0.4, -0.2) is 18.3 Å². The van der Waals surface area contributed by atoms with Gasteiger partial charge in [0.25, 0.3) is 0 Å². The van der Waals surface area contributed by atoms with E-state index >= 15 is 0 Å². The molecule has 1 aromatic rings. The van der Waals surface area contributed by atoms with Gasteiger partial charge in [-0.25, -0.2) is 8.78 Å². The third-order valence-electron chi connectivity index (χ3n) is 3.76. The van der Waals surface area contributed by atoms with Gasteiger partial charge in [0.05, 0.1) is 6.61 Å². The first kappa shape index (κ1) is 13.4. The molecular formula is C14H19F2NO. The van der Waals surface area contributed by atoms with Crippen molar-refractivity contribution >= 4 is 0 Å². The van der Waals surface area contributed by atoms with Crippen molar-refractivity contribution in [3.63, 3.8) is 0 Å². The Morgan fingerprint density at radius 2 is 2.06 bits per heavy atom. The highest BCUT2D eigenvalue weighted by molar-refractivity contribution is 5.20. The largest absolute Gasteiger partial charge is 0.396 e. The number of rotatable bonds is 6. The normalized spacial score (nSPS) is 18.7. The molecule has 100 valence electrons. The maximum absolute atomic E-state index is 13.6. The minimum Gasteiger partial charge on any atom is -0.396 e. The molecule has 0 aromatic heterocycles. The lowest BCUT2D eigenvalue weighted by atomic mass is 9.77. The molecule has 4 heteroatoms. The first-order valence-corrected chi connectivity index (χ1v) is 6.33. The Morgan fingerprint density at radius 3 is 2.61 bits per heavy atom. The van der Waals surface area contributed by atoms with E-state index in [9.17, 15) is 13.9 Å². The van der Waals surface area contributed by atoms with Crippen LogP contribution >= 0.6 is 0 Å². The third kappa shape index (κ3) is 3.06. The second-order valence-electron chi connectivity index (χ2n) is 5.42. The van der Waals surface area contributed by atoms with Crippen LogP contribution in [0, 0.1) is 23.0 Å². The predicted molar refractivity (Wildman–Crippen MR) is 66.0 cm³/mol. The Labute approximate surface area is 106 Å². The fraction of sp³-hybridized carbons (Fsp3) is 0.571. The minimum atomic E-state index is -0.518. The smallest absolute Gasteiger partial charge is 0.126 e. The van der Waals surface area contributed by atoms with Gasteiger partial charge in [-0.2, -0.15) is 0 Å². The molecule has 3 N–H and O–H groups in total. The number of aliphatic hydroxyl groups is 1. The van der Waals surface area contributed by atoms with Crippen LogP contribution in [-0.2, 0) is 6.42 Å². The van der Waals surface area contributed by atoms with Gasteiger partial charge in [-0.1, -0.05) is 12.8 Å². The quantitative estimate of drug-likeness (QED) is 0.819. The lowest BCUT2D eigenvalue weighted by molar-refractivity contribution is 0.114. The van der Waals surface area contributed by atoms with Crippen molar-refractivity contribution in [1.82, 2.24) is 0 Å². The molecule has 0 saturated heterocycles. The lowest BCUT2D eigenvalue weighted by Crippen LogP contribution is -2.37. The summed E-state index contributed by atoms with van der Waals surface area (Å²) < 4.78 is 26.8. The summed E-state index contributed by atoms with van der Waals surface area (Å²) in [6, 6.07) is 3.42. The molecule has 0 bridgehead atoms. The maximum atomic E-state index is 13.6. The van der Waals surface area contributed by atoms with Crippen molar-refractivity contribution in [1.29, 1.82) is 0 Å². The topological polar surface area (TPSA) is 46.2 Å². The van der Waals surface area contributed by atoms with Gasteiger partial charge >= 0.3 is 0 Å². The van der Waals surface area contributed by atoms with Crippen molar-refractivity contribution in [2.24, 2.45) is 17.1 Å². The van der Waals surface area contributed by atoms with E-state index in [4.69, 9.17) is 5.73 Å². The monoisotopic (exact) mass is 255 g/mol. The molecular weight excluding hydrogens is 236 g/mol. The lowest BCUT2D eigenvalue weighted by Gasteiger charge is -2.31. The van der Waals surface area contributed by atoms with Crippen molar-refractivity contribution in [2.75, 3.05) is 13.2 Å². The van der Waals surface area contributed by atoms with Gasteiger partial charge in [-0.3, -0.25) is 0 Å². The van der Waals surface area contributed by atoms with Crippen LogP contribution < -0.4 is 5.73 Å². The van der Waals surface area contributed by atoms with Crippen LogP contribution in [0.2, 0.25) is 0 Å². The summed E-state index contributed by atoms with van der Waals surface area (Å²) >= 11 is 0. The molecule has 1 saturated carbocycles. The van der Waals surface area contributed by atoms with Gasteiger partial charge in [0.15, 0.2) is 0 Å². The summed E-state index contributed by atoms with van der Waals surface area (Å²) in [5, 5.41) is 9.58. The van der Waals surface area contributed by atoms with E-state index in [0.717, 1.165) is 31.4 Å². The molecule has 1 aliphatic rings. The molecule has 0 spiro atoms. The molecule has 2 rings (SSSR count). The highest BCUT2D eigenvalue weighted by atomic mass is 19.1. The molecule has 1 atom stereocenters. The van der Waals surface area contributed by atoms with E-state index in [-0.39, 0.29) is 13.2 Å². The fourth-order valence-corrected chi connectivity index (χ4v) is 2.43. The van der Waals surface area contributed by atoms with E-state index in [1.54, 1.807) is 0 Å². The molecule has 2 nitrogen and oxygen atoms in total. The first-order valence-electron chi connectivity index (χ1n) is 6.33. The summed E-state index contributed by atoms with van der Waals surface area (Å²) in [5.41, 5.74) is 5.54. The average molecular weight is 255 g/mol. The second kappa shape index (κ2) is 5.33. The first-order chi connectivity index (χ1) is 8.58. The number of nitrogens with two attached hydrogens (primary N) is 1. The highest BCUT2D eigenvalue weighted by Crippen LogP contribution is 2.41. The Morgan fingerprint density at radius 1 is 1.33 bits per heavy atom. The zero-order chi connectivity index (χ0) is 13.2. The van der Waals surface area contributed by atoms with E-state index < -0.39 is 17.0 Å². The zero-order valence-electron chi connectivity index (χ0n) is 10.3. The summed E-state index contributed by atoms with van der Waals surface area (Å²) in [4.78, 5) is 0. The van der Waals surface area contributed by atoms with Crippen molar-refractivity contribution in [3.05, 3.63) is 35.4 Å². The van der Waals surface area contributed by atoms with Gasteiger partial charge in [-0.15, -0.1) is 0 Å². The number of hydrogen-bond acceptors (Lipinski definition) is 2. The molecule has 1 fully saturated rings. The number of aliphatic hydroxyl groups excluding tert-OH is 1. The van der Waals surface area contributed by atoms with Crippen molar-refractivity contribution < 1.29 is 13.9 Å². The Hall–Kier alpha value is -1.00. The molecule has 0 amide bonds. The standard InChI is InChI=1S/C14H19F2NO/c15-12-3-4-13(16)11(5-12)7-14(8-17,9-18)6-10-1-2-10/h3-5,10,18H,1-2,6-9,17H2. The van der Waals surface area contributed by atoms with E-state index in [0.29, 0.717) is 17.9 Å². The SMILES string of the molecule is NCC(CO)(Cc1cc(F)ccc1F)CC1CC1. The van der Waals surface area contributed by atoms with Crippen LogP contribution in [0.25, 0.3) is 0 Å². The van der Waals surface area contributed by atoms with Gasteiger partial charge in [0.1, 0.15) is 11.6 Å². The number of halogens is 2. The molecule has 1 aliphatic carbocycles.